The maximum absolute atomic E-state index is 11.8. The van der Waals surface area contributed by atoms with Crippen molar-refractivity contribution >= 4 is 11.8 Å². The molecule has 0 atom stereocenters. The zero-order chi connectivity index (χ0) is 12.3. The number of hydrogen-bond acceptors (Lipinski definition) is 5. The van der Waals surface area contributed by atoms with Gasteiger partial charge in [0, 0.05) is 26.1 Å². The van der Waals surface area contributed by atoms with E-state index in [-0.39, 0.29) is 23.6 Å². The van der Waals surface area contributed by atoms with Crippen LogP contribution >= 0.6 is 0 Å². The van der Waals surface area contributed by atoms with Gasteiger partial charge in [-0.3, -0.25) is 9.59 Å². The molecule has 1 aliphatic heterocycles. The highest BCUT2D eigenvalue weighted by molar-refractivity contribution is 5.90. The van der Waals surface area contributed by atoms with E-state index < -0.39 is 0 Å². The van der Waals surface area contributed by atoms with Crippen LogP contribution < -0.4 is 5.32 Å². The first-order valence-corrected chi connectivity index (χ1v) is 5.46. The highest BCUT2D eigenvalue weighted by atomic mass is 16.2. The summed E-state index contributed by atoms with van der Waals surface area (Å²) in [5, 5.41) is 15.5. The van der Waals surface area contributed by atoms with Gasteiger partial charge < -0.3 is 10.2 Å². The van der Waals surface area contributed by atoms with E-state index in [1.165, 1.54) is 0 Å². The second-order valence-electron chi connectivity index (χ2n) is 3.92. The Morgan fingerprint density at radius 1 is 1.41 bits per heavy atom. The molecule has 2 N–H and O–H groups in total. The van der Waals surface area contributed by atoms with E-state index in [1.807, 2.05) is 0 Å². The number of hydrogen-bond donors (Lipinski definition) is 2. The van der Waals surface area contributed by atoms with Gasteiger partial charge in [-0.2, -0.15) is 5.21 Å². The monoisotopic (exact) mass is 238 g/mol. The second-order valence-corrected chi connectivity index (χ2v) is 3.92. The molecule has 0 radical (unpaired) electrons. The Labute approximate surface area is 97.8 Å². The molecule has 2 amide bonds. The largest absolute Gasteiger partial charge is 0.359 e. The molecular formula is C9H14N6O2. The minimum Gasteiger partial charge on any atom is -0.359 e. The van der Waals surface area contributed by atoms with Crippen molar-refractivity contribution < 1.29 is 9.59 Å². The average Bonchev–Trinajstić information content (AvgIpc) is 2.91. The van der Waals surface area contributed by atoms with Crippen LogP contribution in [-0.4, -0.2) is 57.5 Å². The molecule has 0 aliphatic carbocycles. The molecule has 0 aromatic carbocycles. The van der Waals surface area contributed by atoms with Crippen LogP contribution in [0, 0.1) is 5.92 Å². The van der Waals surface area contributed by atoms with Gasteiger partial charge in [-0.1, -0.05) is 0 Å². The lowest BCUT2D eigenvalue weighted by atomic mass is 9.96. The summed E-state index contributed by atoms with van der Waals surface area (Å²) < 4.78 is 0. The van der Waals surface area contributed by atoms with E-state index in [4.69, 9.17) is 0 Å². The van der Waals surface area contributed by atoms with Gasteiger partial charge >= 0.3 is 0 Å². The summed E-state index contributed by atoms with van der Waals surface area (Å²) in [4.78, 5) is 24.9. The number of carbonyl (C=O) groups is 2. The number of likely N-dealkylation sites (tertiary alicyclic amines) is 1. The maximum Gasteiger partial charge on any atom is 0.295 e. The van der Waals surface area contributed by atoms with Gasteiger partial charge in [0.25, 0.3) is 11.7 Å². The number of nitrogens with one attached hydrogen (secondary N) is 2. The maximum atomic E-state index is 11.8. The average molecular weight is 238 g/mol. The summed E-state index contributed by atoms with van der Waals surface area (Å²) in [7, 11) is 1.62. The van der Waals surface area contributed by atoms with Crippen LogP contribution in [-0.2, 0) is 4.79 Å². The van der Waals surface area contributed by atoms with Crippen LogP contribution in [0.4, 0.5) is 0 Å². The van der Waals surface area contributed by atoms with Crippen molar-refractivity contribution in [2.24, 2.45) is 5.92 Å². The van der Waals surface area contributed by atoms with E-state index in [9.17, 15) is 9.59 Å². The lowest BCUT2D eigenvalue weighted by Crippen LogP contribution is -2.42. The zero-order valence-corrected chi connectivity index (χ0v) is 9.51. The normalized spacial score (nSPS) is 16.9. The molecule has 2 heterocycles. The summed E-state index contributed by atoms with van der Waals surface area (Å²) in [5.41, 5.74) is 0. The van der Waals surface area contributed by atoms with Gasteiger partial charge in [0.05, 0.1) is 0 Å². The zero-order valence-electron chi connectivity index (χ0n) is 9.51. The van der Waals surface area contributed by atoms with Crippen molar-refractivity contribution in [1.29, 1.82) is 0 Å². The van der Waals surface area contributed by atoms with Crippen LogP contribution in [0.5, 0.6) is 0 Å². The fourth-order valence-electron chi connectivity index (χ4n) is 1.94. The number of amides is 2. The second kappa shape index (κ2) is 4.89. The first-order valence-electron chi connectivity index (χ1n) is 5.46. The Hall–Kier alpha value is -1.99. The van der Waals surface area contributed by atoms with Crippen molar-refractivity contribution in [1.82, 2.24) is 30.8 Å². The van der Waals surface area contributed by atoms with E-state index >= 15 is 0 Å². The molecule has 8 nitrogen and oxygen atoms in total. The van der Waals surface area contributed by atoms with E-state index in [0.717, 1.165) is 0 Å². The summed E-state index contributed by atoms with van der Waals surface area (Å²) in [6.45, 7) is 1.09. The fraction of sp³-hybridized carbons (Fsp3) is 0.667. The predicted molar refractivity (Wildman–Crippen MR) is 56.9 cm³/mol. The molecule has 1 aromatic heterocycles. The minimum atomic E-state index is -0.242. The lowest BCUT2D eigenvalue weighted by Gasteiger charge is -2.30. The number of rotatable bonds is 2. The molecule has 1 aliphatic rings. The number of aromatic nitrogens is 4. The van der Waals surface area contributed by atoms with Crippen LogP contribution in [0.1, 0.15) is 23.5 Å². The number of tetrazole rings is 1. The highest BCUT2D eigenvalue weighted by Gasteiger charge is 2.28. The molecule has 1 aromatic rings. The van der Waals surface area contributed by atoms with Gasteiger partial charge in [-0.25, -0.2) is 0 Å². The smallest absolute Gasteiger partial charge is 0.295 e. The number of H-pyrrole nitrogens is 1. The quantitative estimate of drug-likeness (QED) is 0.673. The molecule has 1 fully saturated rings. The first kappa shape index (κ1) is 11.5. The Balaban J connectivity index is 1.91. The molecule has 0 spiro atoms. The lowest BCUT2D eigenvalue weighted by molar-refractivity contribution is -0.125. The van der Waals surface area contributed by atoms with Gasteiger partial charge in [0.15, 0.2) is 0 Å². The van der Waals surface area contributed by atoms with E-state index in [0.29, 0.717) is 25.9 Å². The highest BCUT2D eigenvalue weighted by Crippen LogP contribution is 2.18. The van der Waals surface area contributed by atoms with Crippen LogP contribution in [0.15, 0.2) is 0 Å². The van der Waals surface area contributed by atoms with Crippen LogP contribution in [0.2, 0.25) is 0 Å². The third kappa shape index (κ3) is 2.40. The molecule has 1 saturated heterocycles. The molecule has 8 heteroatoms. The molecular weight excluding hydrogens is 224 g/mol. The number of carbonyl (C=O) groups excluding carboxylic acids is 2. The standard InChI is InChI=1S/C9H14N6O2/c1-10-8(16)6-2-4-15(5-3-6)9(17)7-11-13-14-12-7/h6H,2-5H2,1H3,(H,10,16)(H,11,12,13,14). The Kier molecular flexibility index (Phi) is 3.31. The van der Waals surface area contributed by atoms with Crippen molar-refractivity contribution in [3.05, 3.63) is 5.82 Å². The summed E-state index contributed by atoms with van der Waals surface area (Å²) >= 11 is 0. The molecule has 0 saturated carbocycles. The van der Waals surface area contributed by atoms with Crippen molar-refractivity contribution in [3.63, 3.8) is 0 Å². The van der Waals surface area contributed by atoms with E-state index in [2.05, 4.69) is 25.9 Å². The van der Waals surface area contributed by atoms with Crippen molar-refractivity contribution in [3.8, 4) is 0 Å². The Morgan fingerprint density at radius 2 is 2.12 bits per heavy atom. The molecule has 0 unspecified atom stereocenters. The van der Waals surface area contributed by atoms with Crippen LogP contribution in [0.25, 0.3) is 0 Å². The topological polar surface area (TPSA) is 104 Å². The Bertz CT molecular complexity index is 396. The molecule has 0 bridgehead atoms. The summed E-state index contributed by atoms with van der Waals surface area (Å²) in [6.07, 6.45) is 1.34. The number of piperidine rings is 1. The summed E-state index contributed by atoms with van der Waals surface area (Å²) in [6, 6.07) is 0. The van der Waals surface area contributed by atoms with Crippen molar-refractivity contribution in [2.45, 2.75) is 12.8 Å². The first-order chi connectivity index (χ1) is 8.22. The van der Waals surface area contributed by atoms with Crippen LogP contribution in [0.3, 0.4) is 0 Å². The molecule has 2 rings (SSSR count). The SMILES string of the molecule is CNC(=O)C1CCN(C(=O)c2nn[nH]n2)CC1. The van der Waals surface area contributed by atoms with Gasteiger partial charge in [-0.05, 0) is 18.1 Å². The minimum absolute atomic E-state index is 0.00526. The third-order valence-corrected chi connectivity index (χ3v) is 2.94. The van der Waals surface area contributed by atoms with Crippen molar-refractivity contribution in [2.75, 3.05) is 20.1 Å². The predicted octanol–water partition coefficient (Wildman–Crippen LogP) is -1.20. The fourth-order valence-corrected chi connectivity index (χ4v) is 1.94. The number of nitrogens with zero attached hydrogens (tertiary/aromatic N) is 4. The Morgan fingerprint density at radius 3 is 2.65 bits per heavy atom. The van der Waals surface area contributed by atoms with Gasteiger partial charge in [0.1, 0.15) is 0 Å². The summed E-state index contributed by atoms with van der Waals surface area (Å²) in [5.74, 6) is -0.136. The number of aromatic amines is 1. The van der Waals surface area contributed by atoms with Gasteiger partial charge in [-0.15, -0.1) is 10.2 Å². The van der Waals surface area contributed by atoms with Gasteiger partial charge in [0.2, 0.25) is 5.91 Å². The molecule has 17 heavy (non-hydrogen) atoms. The third-order valence-electron chi connectivity index (χ3n) is 2.94. The molecule has 92 valence electrons. The van der Waals surface area contributed by atoms with E-state index in [1.54, 1.807) is 11.9 Å².